The molecule has 202 valence electrons. The zero-order valence-electron chi connectivity index (χ0n) is 21.5. The number of benzene rings is 2. The van der Waals surface area contributed by atoms with Crippen molar-refractivity contribution in [2.24, 2.45) is 0 Å². The van der Waals surface area contributed by atoms with Gasteiger partial charge in [-0.15, -0.1) is 0 Å². The number of carbonyl (C=O) groups is 2. The molecule has 0 aliphatic heterocycles. The van der Waals surface area contributed by atoms with Crippen molar-refractivity contribution in [1.29, 1.82) is 0 Å². The predicted octanol–water partition coefficient (Wildman–Crippen LogP) is 3.81. The minimum atomic E-state index is -1.00. The van der Waals surface area contributed by atoms with Gasteiger partial charge in [-0.2, -0.15) is 0 Å². The molecule has 3 N–H and O–H groups in total. The molecule has 0 saturated heterocycles. The van der Waals surface area contributed by atoms with Crippen molar-refractivity contribution in [3.63, 3.8) is 0 Å². The van der Waals surface area contributed by atoms with Crippen molar-refractivity contribution in [3.05, 3.63) is 114 Å². The summed E-state index contributed by atoms with van der Waals surface area (Å²) in [6.45, 7) is 4.32. The highest BCUT2D eigenvalue weighted by Gasteiger charge is 1.99. The summed E-state index contributed by atoms with van der Waals surface area (Å²) in [7, 11) is 0. The van der Waals surface area contributed by atoms with Gasteiger partial charge in [0.05, 0.1) is 26.4 Å². The van der Waals surface area contributed by atoms with Crippen molar-refractivity contribution in [2.45, 2.75) is 13.2 Å². The van der Waals surface area contributed by atoms with E-state index in [0.29, 0.717) is 39.6 Å². The summed E-state index contributed by atoms with van der Waals surface area (Å²) in [5, 5.41) is 14.5. The van der Waals surface area contributed by atoms with E-state index in [1.165, 1.54) is 12.2 Å². The van der Waals surface area contributed by atoms with Gasteiger partial charge >= 0.3 is 5.97 Å². The molecular weight excluding hydrogens is 484 g/mol. The van der Waals surface area contributed by atoms with Crippen molar-refractivity contribution < 1.29 is 28.9 Å². The van der Waals surface area contributed by atoms with Crippen molar-refractivity contribution in [2.75, 3.05) is 39.5 Å². The molecule has 0 heterocycles. The maximum absolute atomic E-state index is 11.7. The Morgan fingerprint density at radius 2 is 1.39 bits per heavy atom. The Hall–Kier alpha value is -3.98. The molecule has 0 aliphatic carbocycles. The molecule has 0 atom stereocenters. The van der Waals surface area contributed by atoms with Gasteiger partial charge in [-0.25, -0.2) is 4.79 Å². The van der Waals surface area contributed by atoms with Gasteiger partial charge in [-0.3, -0.25) is 4.79 Å². The number of carbonyl (C=O) groups excluding carboxylic acids is 1. The second-order valence-electron chi connectivity index (χ2n) is 7.94. The molecule has 38 heavy (non-hydrogen) atoms. The molecule has 0 fully saturated rings. The third kappa shape index (κ3) is 15.9. The van der Waals surface area contributed by atoms with Gasteiger partial charge in [0.25, 0.3) is 0 Å². The lowest BCUT2D eigenvalue weighted by molar-refractivity contribution is -0.131. The van der Waals surface area contributed by atoms with Crippen LogP contribution in [0.5, 0.6) is 5.75 Å². The molecule has 2 aromatic carbocycles. The van der Waals surface area contributed by atoms with Gasteiger partial charge in [0.2, 0.25) is 5.91 Å². The number of hydrogen-bond acceptors (Lipinski definition) is 6. The predicted molar refractivity (Wildman–Crippen MR) is 148 cm³/mol. The van der Waals surface area contributed by atoms with Crippen LogP contribution in [-0.2, 0) is 32.2 Å². The van der Waals surface area contributed by atoms with Crippen LogP contribution in [0, 0.1) is 0 Å². The number of nitrogens with one attached hydrogen (secondary N) is 2. The molecule has 0 spiro atoms. The smallest absolute Gasteiger partial charge is 0.328 e. The zero-order chi connectivity index (χ0) is 27.1. The van der Waals surface area contributed by atoms with Crippen molar-refractivity contribution in [3.8, 4) is 5.75 Å². The Bertz CT molecular complexity index is 1060. The summed E-state index contributed by atoms with van der Waals surface area (Å²) in [5.74, 6) is -0.370. The lowest BCUT2D eigenvalue weighted by Gasteiger charge is -2.10. The van der Waals surface area contributed by atoms with Gasteiger partial charge in [0, 0.05) is 31.8 Å². The van der Waals surface area contributed by atoms with E-state index in [9.17, 15) is 9.59 Å². The van der Waals surface area contributed by atoms with Crippen molar-refractivity contribution >= 4 is 11.9 Å². The van der Waals surface area contributed by atoms with Gasteiger partial charge in [-0.1, -0.05) is 78.9 Å². The van der Waals surface area contributed by atoms with Crippen molar-refractivity contribution in [1.82, 2.24) is 10.6 Å². The first kappa shape index (κ1) is 30.2. The first-order valence-electron chi connectivity index (χ1n) is 12.4. The maximum Gasteiger partial charge on any atom is 0.328 e. The average Bonchev–Trinajstić information content (AvgIpc) is 2.92. The lowest BCUT2D eigenvalue weighted by Crippen LogP contribution is -2.26. The van der Waals surface area contributed by atoms with Gasteiger partial charge in [0.1, 0.15) is 12.4 Å². The van der Waals surface area contributed by atoms with Crippen LogP contribution in [0.25, 0.3) is 0 Å². The molecule has 1 amide bonds. The molecule has 0 unspecified atom stereocenters. The second kappa shape index (κ2) is 20.1. The third-order valence-corrected chi connectivity index (χ3v) is 4.86. The fourth-order valence-electron chi connectivity index (χ4n) is 3.03. The molecule has 0 aromatic heterocycles. The van der Waals surface area contributed by atoms with Crippen LogP contribution in [-0.4, -0.2) is 56.5 Å². The Labute approximate surface area is 224 Å². The Kier molecular flexibility index (Phi) is 16.0. The molecular formula is C30H36N2O6. The number of hydrogen-bond donors (Lipinski definition) is 3. The number of rotatable bonds is 19. The quantitative estimate of drug-likeness (QED) is 0.147. The molecule has 0 bridgehead atoms. The first-order chi connectivity index (χ1) is 18.6. The number of carboxylic acid groups (broad SMARTS) is 1. The summed E-state index contributed by atoms with van der Waals surface area (Å²) in [5.41, 5.74) is 2.29. The minimum absolute atomic E-state index is 0.219. The highest BCUT2D eigenvalue weighted by molar-refractivity contribution is 5.87. The Balaban J connectivity index is 1.42. The van der Waals surface area contributed by atoms with E-state index in [4.69, 9.17) is 19.3 Å². The number of aliphatic carboxylic acids is 1. The molecule has 2 rings (SSSR count). The maximum atomic E-state index is 11.7. The Morgan fingerprint density at radius 1 is 0.737 bits per heavy atom. The van der Waals surface area contributed by atoms with Crippen LogP contribution >= 0.6 is 0 Å². The summed E-state index contributed by atoms with van der Waals surface area (Å²) in [6.07, 6.45) is 12.1. The van der Waals surface area contributed by atoms with E-state index in [1.807, 2.05) is 48.5 Å². The molecule has 0 saturated carbocycles. The monoisotopic (exact) mass is 520 g/mol. The molecule has 8 heteroatoms. The van der Waals surface area contributed by atoms with E-state index in [-0.39, 0.29) is 5.91 Å². The fourth-order valence-corrected chi connectivity index (χ4v) is 3.03. The van der Waals surface area contributed by atoms with Gasteiger partial charge < -0.3 is 30.0 Å². The zero-order valence-corrected chi connectivity index (χ0v) is 21.5. The minimum Gasteiger partial charge on any atom is -0.489 e. The number of carboxylic acids is 1. The topological polar surface area (TPSA) is 106 Å². The fraction of sp³-hybridized carbons (Fsp3) is 0.267. The summed E-state index contributed by atoms with van der Waals surface area (Å²) in [4.78, 5) is 22.0. The second-order valence-corrected chi connectivity index (χ2v) is 7.94. The van der Waals surface area contributed by atoms with Gasteiger partial charge in [-0.05, 0) is 23.3 Å². The molecule has 8 nitrogen and oxygen atoms in total. The Morgan fingerprint density at radius 3 is 2.13 bits per heavy atom. The molecule has 0 aliphatic rings. The van der Waals surface area contributed by atoms with Crippen LogP contribution in [0.2, 0.25) is 0 Å². The van der Waals surface area contributed by atoms with E-state index in [0.717, 1.165) is 36.0 Å². The SMILES string of the molecule is O=C(O)C=CC=CC=CC=CC(=O)NCCOCCOCCNCc1cccc(OCc2ccccc2)c1. The largest absolute Gasteiger partial charge is 0.489 e. The molecule has 2 aromatic rings. The summed E-state index contributed by atoms with van der Waals surface area (Å²) >= 11 is 0. The van der Waals surface area contributed by atoms with Crippen LogP contribution in [0.4, 0.5) is 0 Å². The van der Waals surface area contributed by atoms with Gasteiger partial charge in [0.15, 0.2) is 0 Å². The highest BCUT2D eigenvalue weighted by atomic mass is 16.5. The lowest BCUT2D eigenvalue weighted by atomic mass is 10.2. The number of allylic oxidation sites excluding steroid dienone is 6. The summed E-state index contributed by atoms with van der Waals surface area (Å²) in [6, 6.07) is 18.1. The van der Waals surface area contributed by atoms with Crippen LogP contribution in [0.3, 0.4) is 0 Å². The first-order valence-corrected chi connectivity index (χ1v) is 12.4. The van der Waals surface area contributed by atoms with E-state index in [2.05, 4.69) is 16.7 Å². The highest BCUT2D eigenvalue weighted by Crippen LogP contribution is 2.15. The number of amides is 1. The normalized spacial score (nSPS) is 11.7. The third-order valence-electron chi connectivity index (χ3n) is 4.86. The number of ether oxygens (including phenoxy) is 3. The van der Waals surface area contributed by atoms with Crippen LogP contribution in [0.15, 0.2) is 103 Å². The molecule has 0 radical (unpaired) electrons. The van der Waals surface area contributed by atoms with Crippen LogP contribution in [0.1, 0.15) is 11.1 Å². The van der Waals surface area contributed by atoms with Crippen LogP contribution < -0.4 is 15.4 Å². The van der Waals surface area contributed by atoms with E-state index in [1.54, 1.807) is 30.4 Å². The average molecular weight is 521 g/mol. The summed E-state index contributed by atoms with van der Waals surface area (Å²) < 4.78 is 16.9. The van der Waals surface area contributed by atoms with E-state index < -0.39 is 5.97 Å². The van der Waals surface area contributed by atoms with E-state index >= 15 is 0 Å². The standard InChI is InChI=1S/C30H36N2O6/c33-29(15-8-3-1-2-4-9-16-30(34)35)32-18-20-37-22-21-36-19-17-31-24-27-13-10-14-28(23-27)38-25-26-11-6-5-7-12-26/h1-16,23,31H,17-22,24-25H2,(H,32,33)(H,34,35).